The molecule has 1 N–H and O–H groups in total. The maximum absolute atomic E-state index is 12.3. The summed E-state index contributed by atoms with van der Waals surface area (Å²) in [5.41, 5.74) is 3.84. The molecule has 0 aliphatic heterocycles. The van der Waals surface area contributed by atoms with Crippen molar-refractivity contribution in [3.8, 4) is 21.9 Å². The Morgan fingerprint density at radius 3 is 2.47 bits per heavy atom. The third-order valence-electron chi connectivity index (χ3n) is 5.13. The molecule has 0 unspecified atom stereocenters. The highest BCUT2D eigenvalue weighted by Gasteiger charge is 2.08. The van der Waals surface area contributed by atoms with Crippen LogP contribution < -0.4 is 5.32 Å². The number of nitrogens with zero attached hydrogens (tertiary/aromatic N) is 1. The van der Waals surface area contributed by atoms with Gasteiger partial charge in [0.1, 0.15) is 16.5 Å². The second-order valence-electron chi connectivity index (χ2n) is 7.59. The van der Waals surface area contributed by atoms with Crippen molar-refractivity contribution in [1.82, 2.24) is 10.3 Å². The Kier molecular flexibility index (Phi) is 6.50. The predicted octanol–water partition coefficient (Wildman–Crippen LogP) is 7.86. The molecule has 168 valence electrons. The number of furan rings is 1. The number of benzene rings is 3. The Hall–Kier alpha value is -3.38. The minimum absolute atomic E-state index is 0.209. The van der Waals surface area contributed by atoms with Crippen LogP contribution in [0.5, 0.6) is 0 Å². The Morgan fingerprint density at radius 1 is 0.941 bits per heavy atom. The Labute approximate surface area is 210 Å². The van der Waals surface area contributed by atoms with Crippen LogP contribution in [0.15, 0.2) is 89.4 Å². The number of amides is 1. The summed E-state index contributed by atoms with van der Waals surface area (Å²) in [6, 6.07) is 25.0. The van der Waals surface area contributed by atoms with Crippen molar-refractivity contribution in [1.29, 1.82) is 0 Å². The van der Waals surface area contributed by atoms with E-state index in [1.165, 1.54) is 10.8 Å². The van der Waals surface area contributed by atoms with Crippen molar-refractivity contribution in [2.75, 3.05) is 0 Å². The zero-order valence-electron chi connectivity index (χ0n) is 17.8. The molecule has 3 aromatic carbocycles. The molecule has 5 rings (SSSR count). The van der Waals surface area contributed by atoms with E-state index in [1.807, 2.05) is 48.5 Å². The summed E-state index contributed by atoms with van der Waals surface area (Å²) >= 11 is 13.8. The highest BCUT2D eigenvalue weighted by molar-refractivity contribution is 7.21. The topological polar surface area (TPSA) is 55.1 Å². The van der Waals surface area contributed by atoms with Crippen LogP contribution in [0.25, 0.3) is 38.2 Å². The van der Waals surface area contributed by atoms with Gasteiger partial charge in [0.05, 0.1) is 10.2 Å². The highest BCUT2D eigenvalue weighted by atomic mass is 35.5. The number of nitrogens with one attached hydrogen (secondary N) is 1. The van der Waals surface area contributed by atoms with Crippen LogP contribution in [0.2, 0.25) is 10.0 Å². The molecule has 0 fully saturated rings. The van der Waals surface area contributed by atoms with Crippen LogP contribution in [-0.4, -0.2) is 10.9 Å². The van der Waals surface area contributed by atoms with E-state index in [-0.39, 0.29) is 5.91 Å². The molecule has 2 heterocycles. The molecule has 5 aromatic rings. The van der Waals surface area contributed by atoms with E-state index in [0.29, 0.717) is 28.1 Å². The fourth-order valence-electron chi connectivity index (χ4n) is 3.46. The van der Waals surface area contributed by atoms with Gasteiger partial charge in [-0.3, -0.25) is 4.79 Å². The Balaban J connectivity index is 1.18. The Bertz CT molecular complexity index is 1450. The first-order valence-corrected chi connectivity index (χ1v) is 12.1. The molecule has 0 spiro atoms. The first-order valence-electron chi connectivity index (χ1n) is 10.5. The van der Waals surface area contributed by atoms with Crippen molar-refractivity contribution in [3.05, 3.63) is 106 Å². The molecule has 0 aliphatic carbocycles. The van der Waals surface area contributed by atoms with Gasteiger partial charge in [0, 0.05) is 33.8 Å². The van der Waals surface area contributed by atoms with Gasteiger partial charge in [0.2, 0.25) is 5.91 Å². The van der Waals surface area contributed by atoms with Crippen LogP contribution in [0.3, 0.4) is 0 Å². The standard InChI is InChI=1S/C27H18Cl2N2O2S/c28-20-13-19(14-21(29)15-20)24-11-9-22(33-24)10-12-26(32)30-16-17-5-7-18(8-6-17)27-31-23-3-1-2-4-25(23)34-27/h1-15H,16H2,(H,30,32)/b12-10+. The molecule has 0 bridgehead atoms. The van der Waals surface area contributed by atoms with E-state index < -0.39 is 0 Å². The highest BCUT2D eigenvalue weighted by Crippen LogP contribution is 2.30. The normalized spacial score (nSPS) is 11.4. The largest absolute Gasteiger partial charge is 0.457 e. The fraction of sp³-hybridized carbons (Fsp3) is 0.0370. The minimum Gasteiger partial charge on any atom is -0.457 e. The number of carbonyl (C=O) groups excluding carboxylic acids is 1. The molecule has 0 aliphatic rings. The smallest absolute Gasteiger partial charge is 0.244 e. The van der Waals surface area contributed by atoms with Crippen LogP contribution >= 0.6 is 34.5 Å². The molecule has 4 nitrogen and oxygen atoms in total. The molecule has 0 atom stereocenters. The van der Waals surface area contributed by atoms with Gasteiger partial charge in [-0.15, -0.1) is 11.3 Å². The van der Waals surface area contributed by atoms with E-state index in [9.17, 15) is 4.79 Å². The van der Waals surface area contributed by atoms with Gasteiger partial charge >= 0.3 is 0 Å². The molecular formula is C27H18Cl2N2O2S. The van der Waals surface area contributed by atoms with Crippen molar-refractivity contribution in [3.63, 3.8) is 0 Å². The number of hydrogen-bond acceptors (Lipinski definition) is 4. The quantitative estimate of drug-likeness (QED) is 0.239. The minimum atomic E-state index is -0.209. The van der Waals surface area contributed by atoms with E-state index >= 15 is 0 Å². The SMILES string of the molecule is O=C(/C=C/c1ccc(-c2cc(Cl)cc(Cl)c2)o1)NCc1ccc(-c2nc3ccccc3s2)cc1. The summed E-state index contributed by atoms with van der Waals surface area (Å²) < 4.78 is 6.95. The second-order valence-corrected chi connectivity index (χ2v) is 9.50. The van der Waals surface area contributed by atoms with E-state index in [0.717, 1.165) is 27.2 Å². The molecular weight excluding hydrogens is 487 g/mol. The van der Waals surface area contributed by atoms with Gasteiger partial charge in [0.25, 0.3) is 0 Å². The number of fused-ring (bicyclic) bond motifs is 1. The number of carbonyl (C=O) groups is 1. The maximum atomic E-state index is 12.3. The second kappa shape index (κ2) is 9.85. The summed E-state index contributed by atoms with van der Waals surface area (Å²) in [5.74, 6) is 0.970. The van der Waals surface area contributed by atoms with Crippen molar-refractivity contribution in [2.45, 2.75) is 6.54 Å². The van der Waals surface area contributed by atoms with Gasteiger partial charge in [-0.2, -0.15) is 0 Å². The summed E-state index contributed by atoms with van der Waals surface area (Å²) in [5, 5.41) is 4.93. The number of rotatable bonds is 6. The lowest BCUT2D eigenvalue weighted by Gasteiger charge is -2.03. The van der Waals surface area contributed by atoms with Crippen LogP contribution in [0, 0.1) is 0 Å². The molecule has 7 heteroatoms. The van der Waals surface area contributed by atoms with E-state index in [2.05, 4.69) is 16.4 Å². The summed E-state index contributed by atoms with van der Waals surface area (Å²) in [6.45, 7) is 0.424. The molecule has 0 saturated carbocycles. The van der Waals surface area contributed by atoms with Crippen LogP contribution in [-0.2, 0) is 11.3 Å². The van der Waals surface area contributed by atoms with Crippen LogP contribution in [0.1, 0.15) is 11.3 Å². The average molecular weight is 505 g/mol. The molecule has 1 amide bonds. The molecule has 34 heavy (non-hydrogen) atoms. The van der Waals surface area contributed by atoms with Gasteiger partial charge in [-0.1, -0.05) is 59.6 Å². The number of thiazole rings is 1. The predicted molar refractivity (Wildman–Crippen MR) is 140 cm³/mol. The molecule has 0 radical (unpaired) electrons. The zero-order valence-corrected chi connectivity index (χ0v) is 20.1. The molecule has 2 aromatic heterocycles. The summed E-state index contributed by atoms with van der Waals surface area (Å²) in [6.07, 6.45) is 3.07. The lowest BCUT2D eigenvalue weighted by molar-refractivity contribution is -0.116. The van der Waals surface area contributed by atoms with E-state index in [4.69, 9.17) is 27.6 Å². The molecule has 0 saturated heterocycles. The lowest BCUT2D eigenvalue weighted by Crippen LogP contribution is -2.20. The van der Waals surface area contributed by atoms with Crippen LogP contribution in [0.4, 0.5) is 0 Å². The summed E-state index contributed by atoms with van der Waals surface area (Å²) in [4.78, 5) is 16.9. The maximum Gasteiger partial charge on any atom is 0.244 e. The summed E-state index contributed by atoms with van der Waals surface area (Å²) in [7, 11) is 0. The first-order chi connectivity index (χ1) is 16.5. The zero-order chi connectivity index (χ0) is 23.5. The third-order valence-corrected chi connectivity index (χ3v) is 6.66. The monoisotopic (exact) mass is 504 g/mol. The van der Waals surface area contributed by atoms with Crippen molar-refractivity contribution < 1.29 is 9.21 Å². The van der Waals surface area contributed by atoms with Gasteiger partial charge < -0.3 is 9.73 Å². The van der Waals surface area contributed by atoms with Crippen molar-refractivity contribution in [2.24, 2.45) is 0 Å². The number of para-hydroxylation sites is 1. The third kappa shape index (κ3) is 5.23. The average Bonchev–Trinajstić information content (AvgIpc) is 3.48. The van der Waals surface area contributed by atoms with Gasteiger partial charge in [-0.25, -0.2) is 4.98 Å². The number of halogens is 2. The lowest BCUT2D eigenvalue weighted by atomic mass is 10.1. The fourth-order valence-corrected chi connectivity index (χ4v) is 4.96. The van der Waals surface area contributed by atoms with Crippen molar-refractivity contribution >= 4 is 56.7 Å². The van der Waals surface area contributed by atoms with Gasteiger partial charge in [-0.05, 0) is 54.1 Å². The van der Waals surface area contributed by atoms with E-state index in [1.54, 1.807) is 41.7 Å². The number of aromatic nitrogens is 1. The first kappa shape index (κ1) is 22.4. The van der Waals surface area contributed by atoms with Gasteiger partial charge in [0.15, 0.2) is 0 Å². The number of hydrogen-bond donors (Lipinski definition) is 1. The Morgan fingerprint density at radius 2 is 1.71 bits per heavy atom.